The Hall–Kier alpha value is -1.71. The SMILES string of the molecule is Cc1cc2c(cc1CCCCC(=O)O)OCO2. The normalized spacial score (nSPS) is 12.8. The first kappa shape index (κ1) is 11.8. The lowest BCUT2D eigenvalue weighted by Crippen LogP contribution is -1.96. The van der Waals surface area contributed by atoms with Gasteiger partial charge in [0.2, 0.25) is 6.79 Å². The Bertz CT molecular complexity index is 426. The van der Waals surface area contributed by atoms with Crippen LogP contribution in [0, 0.1) is 6.92 Å². The summed E-state index contributed by atoms with van der Waals surface area (Å²) in [5.74, 6) is 0.869. The maximum atomic E-state index is 10.4. The van der Waals surface area contributed by atoms with E-state index in [-0.39, 0.29) is 13.2 Å². The van der Waals surface area contributed by atoms with E-state index in [1.54, 1.807) is 0 Å². The van der Waals surface area contributed by atoms with Crippen LogP contribution < -0.4 is 9.47 Å². The summed E-state index contributed by atoms with van der Waals surface area (Å²) in [5.41, 5.74) is 2.38. The maximum absolute atomic E-state index is 10.4. The molecule has 0 amide bonds. The highest BCUT2D eigenvalue weighted by atomic mass is 16.7. The number of hydrogen-bond donors (Lipinski definition) is 1. The number of rotatable bonds is 5. The molecule has 0 saturated carbocycles. The molecular weight excluding hydrogens is 220 g/mol. The van der Waals surface area contributed by atoms with Gasteiger partial charge in [-0.15, -0.1) is 0 Å². The number of unbranched alkanes of at least 4 members (excludes halogenated alkanes) is 1. The summed E-state index contributed by atoms with van der Waals surface area (Å²) in [4.78, 5) is 10.4. The average molecular weight is 236 g/mol. The summed E-state index contributed by atoms with van der Waals surface area (Å²) >= 11 is 0. The predicted octanol–water partition coefficient (Wildman–Crippen LogP) is 2.52. The van der Waals surface area contributed by atoms with Crippen LogP contribution in [0.3, 0.4) is 0 Å². The van der Waals surface area contributed by atoms with Crippen LogP contribution in [0.1, 0.15) is 30.4 Å². The second kappa shape index (κ2) is 5.08. The van der Waals surface area contributed by atoms with Gasteiger partial charge in [0.05, 0.1) is 0 Å². The Morgan fingerprint density at radius 1 is 1.29 bits per heavy atom. The molecule has 92 valence electrons. The number of fused-ring (bicyclic) bond motifs is 1. The molecular formula is C13H16O4. The highest BCUT2D eigenvalue weighted by Crippen LogP contribution is 2.35. The summed E-state index contributed by atoms with van der Waals surface area (Å²) in [6.45, 7) is 2.33. The van der Waals surface area contributed by atoms with Gasteiger partial charge in [-0.2, -0.15) is 0 Å². The van der Waals surface area contributed by atoms with Crippen LogP contribution in [0.15, 0.2) is 12.1 Å². The van der Waals surface area contributed by atoms with Crippen LogP contribution in [-0.4, -0.2) is 17.9 Å². The number of aliphatic carboxylic acids is 1. The van der Waals surface area contributed by atoms with Crippen LogP contribution in [0.2, 0.25) is 0 Å². The van der Waals surface area contributed by atoms with Crippen molar-refractivity contribution in [3.63, 3.8) is 0 Å². The van der Waals surface area contributed by atoms with Gasteiger partial charge < -0.3 is 14.6 Å². The van der Waals surface area contributed by atoms with E-state index in [1.807, 2.05) is 19.1 Å². The molecule has 4 nitrogen and oxygen atoms in total. The lowest BCUT2D eigenvalue weighted by molar-refractivity contribution is -0.137. The van der Waals surface area contributed by atoms with Crippen molar-refractivity contribution in [2.24, 2.45) is 0 Å². The van der Waals surface area contributed by atoms with E-state index >= 15 is 0 Å². The van der Waals surface area contributed by atoms with Crippen molar-refractivity contribution in [3.8, 4) is 11.5 Å². The van der Waals surface area contributed by atoms with Crippen molar-refractivity contribution in [2.75, 3.05) is 6.79 Å². The number of hydrogen-bond acceptors (Lipinski definition) is 3. The Kier molecular flexibility index (Phi) is 3.52. The van der Waals surface area contributed by atoms with Crippen LogP contribution in [-0.2, 0) is 11.2 Å². The maximum Gasteiger partial charge on any atom is 0.303 e. The first-order chi connectivity index (χ1) is 8.16. The molecule has 4 heteroatoms. The molecule has 1 aromatic carbocycles. The smallest absolute Gasteiger partial charge is 0.303 e. The number of carbonyl (C=O) groups is 1. The van der Waals surface area contributed by atoms with E-state index in [4.69, 9.17) is 14.6 Å². The van der Waals surface area contributed by atoms with Crippen LogP contribution in [0.4, 0.5) is 0 Å². The molecule has 0 aliphatic carbocycles. The van der Waals surface area contributed by atoms with E-state index < -0.39 is 5.97 Å². The van der Waals surface area contributed by atoms with Crippen molar-refractivity contribution in [2.45, 2.75) is 32.6 Å². The van der Waals surface area contributed by atoms with Gasteiger partial charge in [-0.3, -0.25) is 4.79 Å². The molecule has 2 rings (SSSR count). The number of carboxylic acids is 1. The van der Waals surface area contributed by atoms with Gasteiger partial charge in [0.15, 0.2) is 11.5 Å². The van der Waals surface area contributed by atoms with Crippen molar-refractivity contribution in [1.82, 2.24) is 0 Å². The third-order valence-electron chi connectivity index (χ3n) is 2.92. The Labute approximate surface area is 100 Å². The number of aryl methyl sites for hydroxylation is 2. The van der Waals surface area contributed by atoms with Crippen LogP contribution in [0.5, 0.6) is 11.5 Å². The molecule has 0 unspecified atom stereocenters. The van der Waals surface area contributed by atoms with E-state index in [0.717, 1.165) is 24.3 Å². The summed E-state index contributed by atoms with van der Waals surface area (Å²) in [6.07, 6.45) is 2.72. The van der Waals surface area contributed by atoms with Crippen LogP contribution in [0.25, 0.3) is 0 Å². The molecule has 0 aromatic heterocycles. The zero-order chi connectivity index (χ0) is 12.3. The van der Waals surface area contributed by atoms with Gasteiger partial charge in [-0.25, -0.2) is 0 Å². The van der Waals surface area contributed by atoms with Crippen molar-refractivity contribution >= 4 is 5.97 Å². The summed E-state index contributed by atoms with van der Waals surface area (Å²) in [5, 5.41) is 8.56. The molecule has 1 aliphatic rings. The fourth-order valence-corrected chi connectivity index (χ4v) is 1.95. The minimum atomic E-state index is -0.729. The molecule has 0 atom stereocenters. The molecule has 1 aliphatic heterocycles. The second-order valence-electron chi connectivity index (χ2n) is 4.23. The molecule has 0 radical (unpaired) electrons. The number of benzene rings is 1. The lowest BCUT2D eigenvalue weighted by Gasteiger charge is -2.07. The summed E-state index contributed by atoms with van der Waals surface area (Å²) in [6, 6.07) is 3.98. The standard InChI is InChI=1S/C13H16O4/c1-9-6-11-12(17-8-16-11)7-10(9)4-2-3-5-13(14)15/h6-7H,2-5,8H2,1H3,(H,14,15). The Morgan fingerprint density at radius 2 is 2.00 bits per heavy atom. The summed E-state index contributed by atoms with van der Waals surface area (Å²) < 4.78 is 10.6. The number of ether oxygens (including phenoxy) is 2. The van der Waals surface area contributed by atoms with Crippen molar-refractivity contribution < 1.29 is 19.4 Å². The van der Waals surface area contributed by atoms with Crippen molar-refractivity contribution in [3.05, 3.63) is 23.3 Å². The van der Waals surface area contributed by atoms with Gasteiger partial charge in [-0.05, 0) is 49.4 Å². The molecule has 0 bridgehead atoms. The predicted molar refractivity (Wildman–Crippen MR) is 62.5 cm³/mol. The topological polar surface area (TPSA) is 55.8 Å². The molecule has 0 saturated heterocycles. The van der Waals surface area contributed by atoms with Gasteiger partial charge in [-0.1, -0.05) is 0 Å². The van der Waals surface area contributed by atoms with Gasteiger partial charge in [0.1, 0.15) is 0 Å². The Balaban J connectivity index is 1.94. The van der Waals surface area contributed by atoms with Gasteiger partial charge in [0.25, 0.3) is 0 Å². The zero-order valence-corrected chi connectivity index (χ0v) is 9.86. The first-order valence-corrected chi connectivity index (χ1v) is 5.78. The minimum Gasteiger partial charge on any atom is -0.481 e. The fourth-order valence-electron chi connectivity index (χ4n) is 1.95. The van der Waals surface area contributed by atoms with E-state index in [1.165, 1.54) is 11.1 Å². The molecule has 1 aromatic rings. The Morgan fingerprint density at radius 3 is 2.71 bits per heavy atom. The van der Waals surface area contributed by atoms with E-state index in [9.17, 15) is 4.79 Å². The second-order valence-corrected chi connectivity index (χ2v) is 4.23. The van der Waals surface area contributed by atoms with Crippen LogP contribution >= 0.6 is 0 Å². The fraction of sp³-hybridized carbons (Fsp3) is 0.462. The third-order valence-corrected chi connectivity index (χ3v) is 2.92. The largest absolute Gasteiger partial charge is 0.481 e. The van der Waals surface area contributed by atoms with E-state index in [2.05, 4.69) is 0 Å². The minimum absolute atomic E-state index is 0.240. The molecule has 1 heterocycles. The quantitative estimate of drug-likeness (QED) is 0.798. The highest BCUT2D eigenvalue weighted by Gasteiger charge is 2.15. The molecule has 0 spiro atoms. The molecule has 0 fully saturated rings. The monoisotopic (exact) mass is 236 g/mol. The first-order valence-electron chi connectivity index (χ1n) is 5.78. The van der Waals surface area contributed by atoms with Crippen molar-refractivity contribution in [1.29, 1.82) is 0 Å². The van der Waals surface area contributed by atoms with Gasteiger partial charge in [0, 0.05) is 6.42 Å². The van der Waals surface area contributed by atoms with Gasteiger partial charge >= 0.3 is 5.97 Å². The third kappa shape index (κ3) is 2.90. The summed E-state index contributed by atoms with van der Waals surface area (Å²) in [7, 11) is 0. The highest BCUT2D eigenvalue weighted by molar-refractivity contribution is 5.66. The molecule has 17 heavy (non-hydrogen) atoms. The lowest BCUT2D eigenvalue weighted by atomic mass is 10.0. The number of carboxylic acid groups (broad SMARTS) is 1. The van der Waals surface area contributed by atoms with E-state index in [0.29, 0.717) is 6.42 Å². The molecule has 1 N–H and O–H groups in total. The zero-order valence-electron chi connectivity index (χ0n) is 9.86. The average Bonchev–Trinajstić information content (AvgIpc) is 2.71.